The Labute approximate surface area is 254 Å². The molecule has 236 valence electrons. The topological polar surface area (TPSA) is 151 Å². The van der Waals surface area contributed by atoms with Gasteiger partial charge in [0.15, 0.2) is 0 Å². The Morgan fingerprint density at radius 2 is 1.83 bits per heavy atom. The van der Waals surface area contributed by atoms with Crippen LogP contribution in [-0.2, 0) is 16.0 Å². The highest BCUT2D eigenvalue weighted by atomic mass is 32.1. The van der Waals surface area contributed by atoms with E-state index in [1.807, 2.05) is 38.8 Å². The van der Waals surface area contributed by atoms with Crippen LogP contribution in [0.3, 0.4) is 0 Å². The molecule has 11 heteroatoms. The van der Waals surface area contributed by atoms with Gasteiger partial charge in [0.25, 0.3) is 5.91 Å². The van der Waals surface area contributed by atoms with Gasteiger partial charge in [0.2, 0.25) is 5.89 Å². The Morgan fingerprint density at radius 3 is 2.24 bits per heavy atom. The summed E-state index contributed by atoms with van der Waals surface area (Å²) in [6, 6.07) is 8.08. The number of methoxy groups -OCH3 is 1. The van der Waals surface area contributed by atoms with Gasteiger partial charge in [-0.15, -0.1) is 11.3 Å². The third-order valence-corrected chi connectivity index (χ3v) is 6.82. The highest BCUT2D eigenvalue weighted by molar-refractivity contribution is 7.20. The number of rotatable bonds is 10. The van der Waals surface area contributed by atoms with Crippen molar-refractivity contribution in [3.63, 3.8) is 0 Å². The summed E-state index contributed by atoms with van der Waals surface area (Å²) in [5.74, 6) is 1.23. The number of nitrogens with zero attached hydrogens (tertiary/aromatic N) is 1. The van der Waals surface area contributed by atoms with Gasteiger partial charge >= 0.3 is 0 Å². The average Bonchev–Trinajstić information content (AvgIpc) is 3.67. The molecule has 2 heterocycles. The van der Waals surface area contributed by atoms with Gasteiger partial charge < -0.3 is 39.6 Å². The minimum atomic E-state index is -0.770. The van der Waals surface area contributed by atoms with Crippen molar-refractivity contribution in [1.82, 2.24) is 10.3 Å². The standard InChI is InChI=1S/C14H17N3O3S.C9H12O.C6H14O.CH4O.CH2O/c1-8-9(11(19)15-4)13(17-14(2,3)7-18)21-10(8)12-16-5-6-20-12;1-3-8-6-4-5-7-9(8)10-2;1-3-5-6(7)4-2;2*1-2/h5-7,17H,1-4H3,(H,15,19);4-7H,3H2,1-2H3;6-7H,3-5H2,1-2H3;2H,1H3;1H2. The van der Waals surface area contributed by atoms with Crippen LogP contribution >= 0.6 is 11.3 Å². The molecule has 2 aromatic heterocycles. The van der Waals surface area contributed by atoms with Crippen molar-refractivity contribution in [2.45, 2.75) is 78.9 Å². The van der Waals surface area contributed by atoms with E-state index in [1.165, 1.54) is 23.2 Å². The lowest BCUT2D eigenvalue weighted by Crippen LogP contribution is -2.33. The van der Waals surface area contributed by atoms with Crippen LogP contribution < -0.4 is 15.4 Å². The third-order valence-electron chi connectivity index (χ3n) is 5.62. The lowest BCUT2D eigenvalue weighted by atomic mass is 10.1. The molecule has 0 bridgehead atoms. The summed E-state index contributed by atoms with van der Waals surface area (Å²) in [5.41, 5.74) is 1.77. The summed E-state index contributed by atoms with van der Waals surface area (Å²) in [5, 5.41) is 22.2. The third kappa shape index (κ3) is 13.9. The number of aliphatic hydroxyl groups excluding tert-OH is 2. The molecule has 1 unspecified atom stereocenters. The number of hydrogen-bond donors (Lipinski definition) is 4. The van der Waals surface area contributed by atoms with Crippen molar-refractivity contribution < 1.29 is 33.8 Å². The van der Waals surface area contributed by atoms with Crippen LogP contribution in [0.2, 0.25) is 0 Å². The summed E-state index contributed by atoms with van der Waals surface area (Å²) in [6.45, 7) is 13.5. The second kappa shape index (κ2) is 23.1. The number of ether oxygens (including phenoxy) is 1. The Morgan fingerprint density at radius 1 is 1.21 bits per heavy atom. The van der Waals surface area contributed by atoms with Gasteiger partial charge in [-0.2, -0.15) is 0 Å². The van der Waals surface area contributed by atoms with Crippen molar-refractivity contribution in [2.24, 2.45) is 0 Å². The molecule has 0 aliphatic heterocycles. The van der Waals surface area contributed by atoms with Gasteiger partial charge in [-0.25, -0.2) is 4.98 Å². The number of nitrogens with one attached hydrogen (secondary N) is 2. The molecular weight excluding hydrogens is 558 g/mol. The van der Waals surface area contributed by atoms with Crippen LogP contribution in [0, 0.1) is 6.92 Å². The van der Waals surface area contributed by atoms with Gasteiger partial charge in [-0.3, -0.25) is 4.79 Å². The minimum absolute atomic E-state index is 0.0509. The Balaban J connectivity index is 0. The van der Waals surface area contributed by atoms with Crippen molar-refractivity contribution in [3.05, 3.63) is 53.4 Å². The van der Waals surface area contributed by atoms with Crippen LogP contribution in [-0.4, -0.2) is 67.1 Å². The predicted molar refractivity (Wildman–Crippen MR) is 171 cm³/mol. The van der Waals surface area contributed by atoms with Gasteiger partial charge in [0, 0.05) is 14.2 Å². The maximum atomic E-state index is 12.1. The Hall–Kier alpha value is -3.54. The SMILES string of the molecule is C=O.CCCC(O)CC.CCc1ccccc1OC.CNC(=O)c1c(NC(C)(C)C=O)sc(-c2ncco2)c1C.CO. The molecule has 4 N–H and O–H groups in total. The van der Waals surface area contributed by atoms with E-state index in [2.05, 4.69) is 35.5 Å². The normalized spacial score (nSPS) is 10.5. The predicted octanol–water partition coefficient (Wildman–Crippen LogP) is 5.70. The molecule has 0 aliphatic rings. The van der Waals surface area contributed by atoms with Gasteiger partial charge in [0.1, 0.15) is 30.1 Å². The van der Waals surface area contributed by atoms with E-state index < -0.39 is 5.54 Å². The second-order valence-electron chi connectivity index (χ2n) is 9.16. The summed E-state index contributed by atoms with van der Waals surface area (Å²) in [7, 11) is 4.27. The number of aliphatic hydroxyl groups is 2. The molecule has 42 heavy (non-hydrogen) atoms. The molecule has 0 fully saturated rings. The van der Waals surface area contributed by atoms with E-state index in [0.717, 1.165) is 55.3 Å². The van der Waals surface area contributed by atoms with Crippen LogP contribution in [0.5, 0.6) is 5.75 Å². The smallest absolute Gasteiger partial charge is 0.254 e. The first-order chi connectivity index (χ1) is 20.1. The van der Waals surface area contributed by atoms with E-state index in [9.17, 15) is 9.59 Å². The molecule has 3 aromatic rings. The minimum Gasteiger partial charge on any atom is -0.496 e. The summed E-state index contributed by atoms with van der Waals surface area (Å²) in [6.07, 6.45) is 7.77. The Bertz CT molecular complexity index is 1110. The number of carbonyl (C=O) groups excluding carboxylic acids is 3. The number of thiophene rings is 1. The molecule has 0 radical (unpaired) electrons. The fourth-order valence-electron chi connectivity index (χ4n) is 3.39. The maximum absolute atomic E-state index is 12.1. The zero-order valence-electron chi connectivity index (χ0n) is 26.4. The van der Waals surface area contributed by atoms with Crippen molar-refractivity contribution in [2.75, 3.05) is 26.6 Å². The average molecular weight is 608 g/mol. The number of aromatic nitrogens is 1. The number of para-hydroxylation sites is 1. The number of oxazole rings is 1. The van der Waals surface area contributed by atoms with E-state index in [0.29, 0.717) is 16.5 Å². The van der Waals surface area contributed by atoms with Gasteiger partial charge in [-0.05, 0) is 57.2 Å². The molecular formula is C31H49N3O7S. The monoisotopic (exact) mass is 607 g/mol. The van der Waals surface area contributed by atoms with Crippen LogP contribution in [0.1, 0.15) is 75.4 Å². The summed E-state index contributed by atoms with van der Waals surface area (Å²) >= 11 is 1.34. The van der Waals surface area contributed by atoms with E-state index in [1.54, 1.807) is 34.2 Å². The number of amides is 1. The first-order valence-corrected chi connectivity index (χ1v) is 14.4. The molecule has 0 spiro atoms. The zero-order chi connectivity index (χ0) is 32.7. The molecule has 0 aliphatic carbocycles. The number of aldehydes is 1. The maximum Gasteiger partial charge on any atom is 0.254 e. The number of carbonyl (C=O) groups is 3. The fraction of sp³-hybridized carbons (Fsp3) is 0.484. The quantitative estimate of drug-likeness (QED) is 0.213. The van der Waals surface area contributed by atoms with E-state index in [4.69, 9.17) is 24.2 Å². The zero-order valence-corrected chi connectivity index (χ0v) is 27.3. The first kappa shape index (κ1) is 40.6. The largest absolute Gasteiger partial charge is 0.496 e. The highest BCUT2D eigenvalue weighted by Gasteiger charge is 2.27. The number of hydrogen-bond acceptors (Lipinski definition) is 10. The lowest BCUT2D eigenvalue weighted by molar-refractivity contribution is -0.110. The van der Waals surface area contributed by atoms with Gasteiger partial charge in [0.05, 0.1) is 35.4 Å². The van der Waals surface area contributed by atoms with Crippen LogP contribution in [0.25, 0.3) is 10.8 Å². The van der Waals surface area contributed by atoms with E-state index in [-0.39, 0.29) is 12.0 Å². The molecule has 1 amide bonds. The number of benzene rings is 1. The number of aryl methyl sites for hydroxylation is 1. The van der Waals surface area contributed by atoms with Gasteiger partial charge in [-0.1, -0.05) is 45.4 Å². The lowest BCUT2D eigenvalue weighted by Gasteiger charge is -2.20. The molecule has 10 nitrogen and oxygen atoms in total. The number of anilines is 1. The van der Waals surface area contributed by atoms with E-state index >= 15 is 0 Å². The second-order valence-corrected chi connectivity index (χ2v) is 10.2. The molecule has 1 aromatic carbocycles. The first-order valence-electron chi connectivity index (χ1n) is 13.6. The molecule has 1 atom stereocenters. The summed E-state index contributed by atoms with van der Waals surface area (Å²) in [4.78, 5) is 36.1. The van der Waals surface area contributed by atoms with Crippen LogP contribution in [0.4, 0.5) is 5.00 Å². The fourth-order valence-corrected chi connectivity index (χ4v) is 4.70. The molecule has 0 saturated heterocycles. The van der Waals surface area contributed by atoms with Crippen molar-refractivity contribution in [1.29, 1.82) is 0 Å². The molecule has 3 rings (SSSR count). The molecule has 0 saturated carbocycles. The van der Waals surface area contributed by atoms with Crippen molar-refractivity contribution in [3.8, 4) is 16.5 Å². The highest BCUT2D eigenvalue weighted by Crippen LogP contribution is 2.40. The summed E-state index contributed by atoms with van der Waals surface area (Å²) < 4.78 is 10.4. The van der Waals surface area contributed by atoms with Crippen LogP contribution in [0.15, 0.2) is 41.1 Å². The van der Waals surface area contributed by atoms with Crippen molar-refractivity contribution >= 4 is 35.3 Å². The Kier molecular flexibility index (Phi) is 22.3.